The predicted octanol–water partition coefficient (Wildman–Crippen LogP) is 6.48. The molecule has 0 N–H and O–H groups in total. The highest BCUT2D eigenvalue weighted by Crippen LogP contribution is 2.39. The third-order valence-electron chi connectivity index (χ3n) is 4.69. The van der Waals surface area contributed by atoms with Gasteiger partial charge in [0, 0.05) is 22.9 Å². The van der Waals surface area contributed by atoms with Gasteiger partial charge in [0.1, 0.15) is 0 Å². The van der Waals surface area contributed by atoms with E-state index in [4.69, 9.17) is 4.43 Å². The Balaban J connectivity index is 2.14. The molecular weight excluding hydrogens is 391 g/mol. The summed E-state index contributed by atoms with van der Waals surface area (Å²) >= 11 is 0. The second kappa shape index (κ2) is 9.45. The molecule has 2 aromatic carbocycles. The topological polar surface area (TPSA) is 34.5 Å². The van der Waals surface area contributed by atoms with Gasteiger partial charge in [0.25, 0.3) is 0 Å². The average molecular weight is 421 g/mol. The number of aliphatic imine (C=N–C) groups is 1. The van der Waals surface area contributed by atoms with E-state index in [0.29, 0.717) is 11.3 Å². The second-order valence-corrected chi connectivity index (χ2v) is 11.0. The summed E-state index contributed by atoms with van der Waals surface area (Å²) in [4.78, 5) is 8.96. The first-order valence-corrected chi connectivity index (χ1v) is 13.0. The highest BCUT2D eigenvalue weighted by Gasteiger charge is 2.31. The van der Waals surface area contributed by atoms with Crippen LogP contribution in [0.3, 0.4) is 0 Å². The highest BCUT2D eigenvalue weighted by atomic mass is 28.3. The predicted molar refractivity (Wildman–Crippen MR) is 125 cm³/mol. The van der Waals surface area contributed by atoms with E-state index in [2.05, 4.69) is 43.8 Å². The van der Waals surface area contributed by atoms with Gasteiger partial charge in [-0.2, -0.15) is 0 Å². The summed E-state index contributed by atoms with van der Waals surface area (Å²) in [6.45, 7) is 10.4. The fourth-order valence-corrected chi connectivity index (χ4v) is 4.44. The first kappa shape index (κ1) is 22.1. The Morgan fingerprint density at radius 3 is 1.93 bits per heavy atom. The minimum atomic E-state index is -1.38. The Hall–Kier alpha value is -2.63. The summed E-state index contributed by atoms with van der Waals surface area (Å²) in [5.41, 5.74) is 2.77. The van der Waals surface area contributed by atoms with Gasteiger partial charge in [0.15, 0.2) is 20.7 Å². The zero-order chi connectivity index (χ0) is 21.7. The van der Waals surface area contributed by atoms with E-state index < -0.39 is 14.9 Å². The van der Waals surface area contributed by atoms with Gasteiger partial charge in [-0.15, -0.1) is 0 Å². The van der Waals surface area contributed by atoms with Gasteiger partial charge in [0.05, 0.1) is 11.8 Å². The van der Waals surface area contributed by atoms with Gasteiger partial charge in [-0.3, -0.25) is 0 Å². The van der Waals surface area contributed by atoms with Crippen LogP contribution in [0.15, 0.2) is 77.9 Å². The number of pyridine rings is 1. The van der Waals surface area contributed by atoms with Crippen LogP contribution in [-0.4, -0.2) is 19.7 Å². The molecule has 0 saturated carbocycles. The van der Waals surface area contributed by atoms with Crippen LogP contribution >= 0.6 is 0 Å². The molecule has 5 heteroatoms. The summed E-state index contributed by atoms with van der Waals surface area (Å²) in [6.07, 6.45) is 1.27. The van der Waals surface area contributed by atoms with E-state index in [1.165, 1.54) is 0 Å². The molecule has 0 radical (unpaired) electrons. The first-order valence-electron chi connectivity index (χ1n) is 10.3. The van der Waals surface area contributed by atoms with Crippen molar-refractivity contribution in [1.29, 1.82) is 0 Å². The number of nitrogens with zero attached hydrogens (tertiary/aromatic N) is 2. The summed E-state index contributed by atoms with van der Waals surface area (Å²) in [6, 6.07) is 21.3. The Kier molecular flexibility index (Phi) is 6.95. The van der Waals surface area contributed by atoms with Gasteiger partial charge in [-0.25, -0.2) is 14.4 Å². The molecule has 3 aromatic rings. The fraction of sp³-hybridized carbons (Fsp3) is 0.280. The van der Waals surface area contributed by atoms with Gasteiger partial charge >= 0.3 is 0 Å². The van der Waals surface area contributed by atoms with Crippen molar-refractivity contribution < 1.29 is 8.82 Å². The van der Waals surface area contributed by atoms with Crippen molar-refractivity contribution in [2.45, 2.75) is 40.0 Å². The van der Waals surface area contributed by atoms with Crippen LogP contribution in [0.25, 0.3) is 0 Å². The van der Waals surface area contributed by atoms with E-state index in [-0.39, 0.29) is 17.3 Å². The monoisotopic (exact) mass is 420 g/mol. The second-order valence-electron chi connectivity index (χ2n) is 8.66. The largest absolute Gasteiger partial charge is 0.413 e. The molecule has 1 heterocycles. The zero-order valence-electron chi connectivity index (χ0n) is 18.3. The molecule has 0 saturated heterocycles. The molecule has 1 aromatic heterocycles. The molecule has 156 valence electrons. The van der Waals surface area contributed by atoms with Crippen molar-refractivity contribution in [2.24, 2.45) is 10.4 Å². The van der Waals surface area contributed by atoms with Crippen LogP contribution in [0.4, 0.5) is 10.2 Å². The molecule has 0 aliphatic rings. The highest BCUT2D eigenvalue weighted by molar-refractivity contribution is 6.48. The number of benzene rings is 2. The number of hydrogen-bond donors (Lipinski definition) is 0. The quantitative estimate of drug-likeness (QED) is 0.338. The van der Waals surface area contributed by atoms with E-state index in [1.54, 1.807) is 12.3 Å². The number of aromatic nitrogens is 1. The molecule has 3 rings (SSSR count). The van der Waals surface area contributed by atoms with Crippen molar-refractivity contribution in [3.05, 3.63) is 95.4 Å². The molecule has 0 amide bonds. The molecule has 0 aliphatic carbocycles. The van der Waals surface area contributed by atoms with Crippen LogP contribution in [0.1, 0.15) is 43.6 Å². The molecule has 0 aliphatic heterocycles. The van der Waals surface area contributed by atoms with Crippen molar-refractivity contribution >= 4 is 20.6 Å². The van der Waals surface area contributed by atoms with E-state index in [1.807, 2.05) is 60.7 Å². The Morgan fingerprint density at radius 2 is 1.47 bits per heavy atom. The maximum atomic E-state index is 15.7. The Morgan fingerprint density at radius 1 is 0.933 bits per heavy atom. The molecule has 3 nitrogen and oxygen atoms in total. The van der Waals surface area contributed by atoms with Gasteiger partial charge in [0.2, 0.25) is 0 Å². The Bertz CT molecular complexity index is 957. The lowest BCUT2D eigenvalue weighted by Crippen LogP contribution is -2.26. The van der Waals surface area contributed by atoms with Crippen molar-refractivity contribution in [3.63, 3.8) is 0 Å². The first-order chi connectivity index (χ1) is 14.3. The number of rotatable bonds is 6. The summed E-state index contributed by atoms with van der Waals surface area (Å²) in [7, 11) is -1.38. The number of halogens is 1. The van der Waals surface area contributed by atoms with Gasteiger partial charge in [-0.05, 0) is 24.6 Å². The zero-order valence-corrected chi connectivity index (χ0v) is 19.4. The maximum absolute atomic E-state index is 15.7. The fourth-order valence-electron chi connectivity index (χ4n) is 3.34. The third-order valence-corrected chi connectivity index (χ3v) is 5.51. The molecule has 0 bridgehead atoms. The molecule has 0 fully saturated rings. The third kappa shape index (κ3) is 5.29. The van der Waals surface area contributed by atoms with Crippen LogP contribution in [0, 0.1) is 11.2 Å². The van der Waals surface area contributed by atoms with Crippen LogP contribution in [0.2, 0.25) is 13.1 Å². The van der Waals surface area contributed by atoms with E-state index in [0.717, 1.165) is 11.1 Å². The van der Waals surface area contributed by atoms with Crippen LogP contribution < -0.4 is 0 Å². The van der Waals surface area contributed by atoms with Crippen molar-refractivity contribution in [3.8, 4) is 0 Å². The van der Waals surface area contributed by atoms with Crippen molar-refractivity contribution in [2.75, 3.05) is 0 Å². The Labute approximate surface area is 180 Å². The van der Waals surface area contributed by atoms with Gasteiger partial charge in [-0.1, -0.05) is 81.4 Å². The maximum Gasteiger partial charge on any atom is 0.189 e. The number of hydrogen-bond acceptors (Lipinski definition) is 3. The van der Waals surface area contributed by atoms with Gasteiger partial charge < -0.3 is 4.43 Å². The minimum Gasteiger partial charge on any atom is -0.413 e. The molecule has 30 heavy (non-hydrogen) atoms. The van der Waals surface area contributed by atoms with E-state index in [9.17, 15) is 0 Å². The normalized spacial score (nSPS) is 12.6. The average Bonchev–Trinajstić information content (AvgIpc) is 2.72. The summed E-state index contributed by atoms with van der Waals surface area (Å²) in [5.74, 6) is -0.338. The lowest BCUT2D eigenvalue weighted by atomic mass is 9.85. The lowest BCUT2D eigenvalue weighted by Gasteiger charge is -2.33. The molecule has 1 unspecified atom stereocenters. The molecule has 1 atom stereocenters. The smallest absolute Gasteiger partial charge is 0.189 e. The van der Waals surface area contributed by atoms with E-state index >= 15 is 4.39 Å². The standard InChI is InChI=1S/C25H29FN2OSi/c1-25(2,3)23(29-30(4)5)20-16-17-27-24(21(20)26)28-22(18-12-8-6-9-13-18)19-14-10-7-11-15-19/h6-17,23,30H,1-5H3. The SMILES string of the molecule is C[SiH](C)OC(c1ccnc(N=C(c2ccccc2)c2ccccc2)c1F)C(C)(C)C. The molecular formula is C25H29FN2OSi. The van der Waals surface area contributed by atoms with Crippen molar-refractivity contribution in [1.82, 2.24) is 4.98 Å². The van der Waals surface area contributed by atoms with Crippen LogP contribution in [-0.2, 0) is 4.43 Å². The lowest BCUT2D eigenvalue weighted by molar-refractivity contribution is 0.0831. The minimum absolute atomic E-state index is 0.0819. The molecule has 0 spiro atoms. The summed E-state index contributed by atoms with van der Waals surface area (Å²) < 4.78 is 21.9. The summed E-state index contributed by atoms with van der Waals surface area (Å²) in [5, 5.41) is 0. The van der Waals surface area contributed by atoms with Crippen LogP contribution in [0.5, 0.6) is 0 Å².